The molecule has 1 N–H and O–H groups in total. The minimum atomic E-state index is 0.554. The molecule has 2 rings (SSSR count). The van der Waals surface area contributed by atoms with Crippen molar-refractivity contribution in [1.29, 1.82) is 0 Å². The van der Waals surface area contributed by atoms with E-state index in [1.165, 1.54) is 19.4 Å². The van der Waals surface area contributed by atoms with Gasteiger partial charge in [-0.25, -0.2) is 4.68 Å². The first kappa shape index (κ1) is 9.79. The molecular weight excluding hydrogens is 198 g/mol. The van der Waals surface area contributed by atoms with Gasteiger partial charge in [-0.15, -0.1) is 0 Å². The third-order valence-electron chi connectivity index (χ3n) is 2.69. The van der Waals surface area contributed by atoms with E-state index in [0.717, 1.165) is 13.1 Å². The Balaban J connectivity index is 1.97. The van der Waals surface area contributed by atoms with Gasteiger partial charge in [-0.1, -0.05) is 10.3 Å². The van der Waals surface area contributed by atoms with E-state index in [4.69, 9.17) is 12.2 Å². The largest absolute Gasteiger partial charge is 0.306 e. The van der Waals surface area contributed by atoms with Crippen molar-refractivity contribution < 1.29 is 0 Å². The van der Waals surface area contributed by atoms with Gasteiger partial charge in [0.25, 0.3) is 0 Å². The van der Waals surface area contributed by atoms with Gasteiger partial charge in [-0.05, 0) is 44.6 Å². The van der Waals surface area contributed by atoms with Gasteiger partial charge < -0.3 is 4.90 Å². The molecule has 0 saturated carbocycles. The quantitative estimate of drug-likeness (QED) is 0.734. The topological polar surface area (TPSA) is 49.7 Å². The van der Waals surface area contributed by atoms with Crippen LogP contribution >= 0.6 is 12.2 Å². The molecule has 1 aliphatic rings. The van der Waals surface area contributed by atoms with Crippen LogP contribution in [0.5, 0.6) is 0 Å². The highest BCUT2D eigenvalue weighted by atomic mass is 32.1. The van der Waals surface area contributed by atoms with Crippen molar-refractivity contribution in [3.63, 3.8) is 0 Å². The average Bonchev–Trinajstić information content (AvgIpc) is 2.52. The van der Waals surface area contributed by atoms with Crippen molar-refractivity contribution in [1.82, 2.24) is 25.1 Å². The average molecular weight is 213 g/mol. The number of likely N-dealkylation sites (tertiary alicyclic amines) is 1. The number of hydrogen-bond donors (Lipinski definition) is 1. The van der Waals surface area contributed by atoms with Gasteiger partial charge in [0.15, 0.2) is 0 Å². The van der Waals surface area contributed by atoms with Gasteiger partial charge >= 0.3 is 0 Å². The van der Waals surface area contributed by atoms with Crippen molar-refractivity contribution in [2.75, 3.05) is 20.1 Å². The van der Waals surface area contributed by atoms with Crippen molar-refractivity contribution in [2.45, 2.75) is 19.4 Å². The van der Waals surface area contributed by atoms with Crippen LogP contribution in [0.3, 0.4) is 0 Å². The molecule has 14 heavy (non-hydrogen) atoms. The van der Waals surface area contributed by atoms with E-state index in [1.54, 1.807) is 0 Å². The van der Waals surface area contributed by atoms with Crippen molar-refractivity contribution in [2.24, 2.45) is 5.92 Å². The molecule has 5 nitrogen and oxygen atoms in total. The number of H-pyrrole nitrogens is 1. The molecule has 1 saturated heterocycles. The van der Waals surface area contributed by atoms with Gasteiger partial charge in [0.2, 0.25) is 4.77 Å². The molecule has 0 radical (unpaired) electrons. The van der Waals surface area contributed by atoms with Gasteiger partial charge in [0, 0.05) is 13.1 Å². The first-order valence-electron chi connectivity index (χ1n) is 4.92. The van der Waals surface area contributed by atoms with Crippen LogP contribution in [-0.2, 0) is 6.54 Å². The van der Waals surface area contributed by atoms with E-state index < -0.39 is 0 Å². The summed E-state index contributed by atoms with van der Waals surface area (Å²) in [5, 5.41) is 10.2. The molecule has 2 heterocycles. The third-order valence-corrected chi connectivity index (χ3v) is 3.00. The molecule has 1 fully saturated rings. The van der Waals surface area contributed by atoms with Crippen LogP contribution in [0.1, 0.15) is 12.8 Å². The van der Waals surface area contributed by atoms with Gasteiger partial charge in [-0.3, -0.25) is 0 Å². The SMILES string of the molecule is CN1CCCC(Cn2[nH]nnc2=S)C1. The summed E-state index contributed by atoms with van der Waals surface area (Å²) in [6.45, 7) is 3.26. The Morgan fingerprint density at radius 1 is 1.64 bits per heavy atom. The molecule has 0 bridgehead atoms. The van der Waals surface area contributed by atoms with Crippen LogP contribution in [-0.4, -0.2) is 45.2 Å². The molecule has 0 aliphatic carbocycles. The number of piperidine rings is 1. The highest BCUT2D eigenvalue weighted by molar-refractivity contribution is 7.71. The summed E-state index contributed by atoms with van der Waals surface area (Å²) < 4.78 is 2.40. The number of nitrogens with one attached hydrogen (secondary N) is 1. The Bertz CT molecular complexity index is 344. The molecule has 0 spiro atoms. The second-order valence-corrected chi connectivity index (χ2v) is 4.33. The van der Waals surface area contributed by atoms with E-state index in [0.29, 0.717) is 10.7 Å². The fourth-order valence-corrected chi connectivity index (χ4v) is 2.17. The summed E-state index contributed by atoms with van der Waals surface area (Å²) in [6, 6.07) is 0. The number of nitrogens with zero attached hydrogens (tertiary/aromatic N) is 4. The second-order valence-electron chi connectivity index (χ2n) is 3.96. The predicted octanol–water partition coefficient (Wildman–Crippen LogP) is 0.677. The molecule has 1 unspecified atom stereocenters. The van der Waals surface area contributed by atoms with Crippen molar-refractivity contribution >= 4 is 12.2 Å². The lowest BCUT2D eigenvalue weighted by atomic mass is 9.99. The van der Waals surface area contributed by atoms with Crippen LogP contribution in [0.2, 0.25) is 0 Å². The minimum absolute atomic E-state index is 0.554. The van der Waals surface area contributed by atoms with Crippen LogP contribution in [0, 0.1) is 10.7 Å². The van der Waals surface area contributed by atoms with Crippen LogP contribution in [0.15, 0.2) is 0 Å². The van der Waals surface area contributed by atoms with Crippen LogP contribution < -0.4 is 0 Å². The Kier molecular flexibility index (Phi) is 2.93. The minimum Gasteiger partial charge on any atom is -0.306 e. The standard InChI is InChI=1S/C8H15N5S/c1-12-4-2-3-7(5-12)6-13-8(14)9-10-11-13/h7H,2-6H2,1H3,(H,9,11,14). The number of hydrogen-bond acceptors (Lipinski definition) is 4. The lowest BCUT2D eigenvalue weighted by Crippen LogP contribution is -2.34. The fourth-order valence-electron chi connectivity index (χ4n) is 2.02. The molecular formula is C8H15N5S. The van der Waals surface area contributed by atoms with Gasteiger partial charge in [0.05, 0.1) is 0 Å². The summed E-state index contributed by atoms with van der Waals surface area (Å²) in [5.41, 5.74) is 0. The molecule has 78 valence electrons. The van der Waals surface area contributed by atoms with E-state index in [9.17, 15) is 0 Å². The maximum absolute atomic E-state index is 5.03. The van der Waals surface area contributed by atoms with Gasteiger partial charge in [-0.2, -0.15) is 5.21 Å². The van der Waals surface area contributed by atoms with Crippen molar-refractivity contribution in [3.8, 4) is 0 Å². The maximum Gasteiger partial charge on any atom is 0.238 e. The Hall–Kier alpha value is -0.750. The molecule has 6 heteroatoms. The van der Waals surface area contributed by atoms with Crippen LogP contribution in [0.25, 0.3) is 0 Å². The van der Waals surface area contributed by atoms with E-state index in [-0.39, 0.29) is 0 Å². The highest BCUT2D eigenvalue weighted by Gasteiger charge is 2.17. The zero-order valence-electron chi connectivity index (χ0n) is 8.31. The molecule has 0 aromatic carbocycles. The third kappa shape index (κ3) is 2.19. The number of aromatic amines is 1. The molecule has 1 aromatic heterocycles. The lowest BCUT2D eigenvalue weighted by molar-refractivity contribution is 0.189. The fraction of sp³-hybridized carbons (Fsp3) is 0.875. The van der Waals surface area contributed by atoms with Crippen LogP contribution in [0.4, 0.5) is 0 Å². The second kappa shape index (κ2) is 4.18. The first-order chi connectivity index (χ1) is 6.75. The number of rotatable bonds is 2. The summed E-state index contributed by atoms with van der Waals surface area (Å²) in [5.74, 6) is 0.669. The lowest BCUT2D eigenvalue weighted by Gasteiger charge is -2.29. The molecule has 0 amide bonds. The smallest absolute Gasteiger partial charge is 0.238 e. The highest BCUT2D eigenvalue weighted by Crippen LogP contribution is 2.16. The first-order valence-corrected chi connectivity index (χ1v) is 5.33. The summed E-state index contributed by atoms with van der Waals surface area (Å²) in [6.07, 6.45) is 2.54. The Labute approximate surface area is 88.1 Å². The Morgan fingerprint density at radius 2 is 2.50 bits per heavy atom. The zero-order chi connectivity index (χ0) is 9.97. The Morgan fingerprint density at radius 3 is 3.14 bits per heavy atom. The summed E-state index contributed by atoms with van der Waals surface area (Å²) in [4.78, 5) is 2.36. The monoisotopic (exact) mass is 213 g/mol. The molecule has 1 atom stereocenters. The molecule has 1 aromatic rings. The summed E-state index contributed by atoms with van der Waals surface area (Å²) in [7, 11) is 2.16. The number of tetrazole rings is 1. The number of aromatic nitrogens is 4. The van der Waals surface area contributed by atoms with E-state index in [2.05, 4.69) is 27.5 Å². The van der Waals surface area contributed by atoms with Gasteiger partial charge in [0.1, 0.15) is 0 Å². The summed E-state index contributed by atoms with van der Waals surface area (Å²) >= 11 is 5.03. The zero-order valence-corrected chi connectivity index (χ0v) is 9.13. The van der Waals surface area contributed by atoms with Crippen molar-refractivity contribution in [3.05, 3.63) is 4.77 Å². The maximum atomic E-state index is 5.03. The van der Waals surface area contributed by atoms with E-state index >= 15 is 0 Å². The molecule has 1 aliphatic heterocycles. The normalized spacial score (nSPS) is 23.9. The van der Waals surface area contributed by atoms with E-state index in [1.807, 2.05) is 4.68 Å². The predicted molar refractivity (Wildman–Crippen MR) is 55.4 cm³/mol.